The first-order valence-corrected chi connectivity index (χ1v) is 9.09. The van der Waals surface area contributed by atoms with Crippen LogP contribution in [0.15, 0.2) is 0 Å². The summed E-state index contributed by atoms with van der Waals surface area (Å²) < 4.78 is 5.17. The van der Waals surface area contributed by atoms with Crippen molar-refractivity contribution in [2.45, 2.75) is 52.4 Å². The number of methoxy groups -OCH3 is 1. The van der Waals surface area contributed by atoms with Crippen LogP contribution in [0, 0.1) is 17.3 Å². The van der Waals surface area contributed by atoms with Gasteiger partial charge in [-0.25, -0.2) is 0 Å². The van der Waals surface area contributed by atoms with Gasteiger partial charge in [-0.15, -0.1) is 0 Å². The van der Waals surface area contributed by atoms with Crippen LogP contribution in [0.4, 0.5) is 0 Å². The van der Waals surface area contributed by atoms with E-state index in [9.17, 15) is 0 Å². The highest BCUT2D eigenvalue weighted by atomic mass is 16.5. The predicted molar refractivity (Wildman–Crippen MR) is 89.6 cm³/mol. The van der Waals surface area contributed by atoms with Crippen LogP contribution in [0.1, 0.15) is 52.4 Å². The first-order valence-electron chi connectivity index (χ1n) is 9.09. The van der Waals surface area contributed by atoms with Crippen LogP contribution < -0.4 is 5.32 Å². The summed E-state index contributed by atoms with van der Waals surface area (Å²) in [6, 6.07) is 0. The molecule has 0 aliphatic heterocycles. The molecule has 0 aromatic carbocycles. The van der Waals surface area contributed by atoms with E-state index in [0.717, 1.165) is 25.0 Å². The van der Waals surface area contributed by atoms with E-state index in [1.807, 2.05) is 0 Å². The highest BCUT2D eigenvalue weighted by Gasteiger charge is 2.36. The molecule has 0 amide bonds. The second kappa shape index (κ2) is 8.50. The molecule has 0 saturated heterocycles. The van der Waals surface area contributed by atoms with Crippen molar-refractivity contribution in [3.8, 4) is 0 Å². The first-order chi connectivity index (χ1) is 10.2. The molecule has 0 unspecified atom stereocenters. The summed E-state index contributed by atoms with van der Waals surface area (Å²) in [6.45, 7) is 11.6. The van der Waals surface area contributed by atoms with Gasteiger partial charge in [0.15, 0.2) is 0 Å². The largest absolute Gasteiger partial charge is 0.383 e. The third kappa shape index (κ3) is 5.88. The number of nitrogens with one attached hydrogen (secondary N) is 1. The van der Waals surface area contributed by atoms with Crippen molar-refractivity contribution in [2.24, 2.45) is 17.3 Å². The van der Waals surface area contributed by atoms with Gasteiger partial charge in [-0.1, -0.05) is 26.7 Å². The molecule has 0 aromatic rings. The van der Waals surface area contributed by atoms with Crippen molar-refractivity contribution in [1.82, 2.24) is 10.2 Å². The minimum Gasteiger partial charge on any atom is -0.383 e. The molecule has 21 heavy (non-hydrogen) atoms. The number of hydrogen-bond acceptors (Lipinski definition) is 3. The van der Waals surface area contributed by atoms with Gasteiger partial charge in [0.05, 0.1) is 6.61 Å². The summed E-state index contributed by atoms with van der Waals surface area (Å²) in [7, 11) is 1.79. The van der Waals surface area contributed by atoms with Crippen LogP contribution >= 0.6 is 0 Å². The molecule has 0 bridgehead atoms. The van der Waals surface area contributed by atoms with Gasteiger partial charge in [0.1, 0.15) is 0 Å². The van der Waals surface area contributed by atoms with Crippen molar-refractivity contribution < 1.29 is 4.74 Å². The van der Waals surface area contributed by atoms with Gasteiger partial charge in [0, 0.05) is 33.3 Å². The lowest BCUT2D eigenvalue weighted by atomic mass is 9.70. The van der Waals surface area contributed by atoms with Crippen LogP contribution in [-0.2, 0) is 4.74 Å². The molecule has 0 atom stereocenters. The Kier molecular flexibility index (Phi) is 6.97. The summed E-state index contributed by atoms with van der Waals surface area (Å²) in [5.74, 6) is 1.93. The fourth-order valence-electron chi connectivity index (χ4n) is 3.74. The Morgan fingerprint density at radius 1 is 1.19 bits per heavy atom. The van der Waals surface area contributed by atoms with E-state index in [2.05, 4.69) is 24.1 Å². The van der Waals surface area contributed by atoms with Crippen LogP contribution in [-0.4, -0.2) is 51.3 Å². The van der Waals surface area contributed by atoms with Gasteiger partial charge in [-0.2, -0.15) is 0 Å². The number of nitrogens with zero attached hydrogens (tertiary/aromatic N) is 1. The highest BCUT2D eigenvalue weighted by molar-refractivity contribution is 4.90. The van der Waals surface area contributed by atoms with Crippen molar-refractivity contribution in [3.05, 3.63) is 0 Å². The zero-order chi connectivity index (χ0) is 15.1. The minimum atomic E-state index is 0.505. The van der Waals surface area contributed by atoms with Gasteiger partial charge in [0.2, 0.25) is 0 Å². The Balaban J connectivity index is 1.86. The van der Waals surface area contributed by atoms with Crippen LogP contribution in [0.2, 0.25) is 0 Å². The molecule has 2 rings (SSSR count). The van der Waals surface area contributed by atoms with E-state index in [4.69, 9.17) is 4.74 Å². The molecule has 0 heterocycles. The molecular weight excluding hydrogens is 260 g/mol. The van der Waals surface area contributed by atoms with Crippen molar-refractivity contribution in [3.63, 3.8) is 0 Å². The lowest BCUT2D eigenvalue weighted by molar-refractivity contribution is 0.0839. The molecule has 0 spiro atoms. The highest BCUT2D eigenvalue weighted by Crippen LogP contribution is 2.40. The molecule has 124 valence electrons. The molecule has 3 heteroatoms. The van der Waals surface area contributed by atoms with Gasteiger partial charge in [0.25, 0.3) is 0 Å². The lowest BCUT2D eigenvalue weighted by Gasteiger charge is -2.43. The van der Waals surface area contributed by atoms with Crippen molar-refractivity contribution in [2.75, 3.05) is 46.4 Å². The van der Waals surface area contributed by atoms with Gasteiger partial charge >= 0.3 is 0 Å². The maximum Gasteiger partial charge on any atom is 0.0587 e. The number of ether oxygens (including phenoxy) is 1. The molecule has 3 nitrogen and oxygen atoms in total. The molecule has 2 fully saturated rings. The molecule has 2 aliphatic carbocycles. The Morgan fingerprint density at radius 3 is 2.48 bits per heavy atom. The van der Waals surface area contributed by atoms with Crippen molar-refractivity contribution in [1.29, 1.82) is 0 Å². The van der Waals surface area contributed by atoms with E-state index in [1.165, 1.54) is 64.7 Å². The maximum absolute atomic E-state index is 5.17. The summed E-state index contributed by atoms with van der Waals surface area (Å²) in [5.41, 5.74) is 0.505. The smallest absolute Gasteiger partial charge is 0.0587 e. The molecule has 0 aromatic heterocycles. The van der Waals surface area contributed by atoms with Crippen LogP contribution in [0.3, 0.4) is 0 Å². The zero-order valence-electron chi connectivity index (χ0n) is 14.5. The molecule has 1 N–H and O–H groups in total. The second-order valence-electron chi connectivity index (χ2n) is 7.62. The normalized spacial score (nSPS) is 30.0. The van der Waals surface area contributed by atoms with E-state index >= 15 is 0 Å². The van der Waals surface area contributed by atoms with Crippen LogP contribution in [0.25, 0.3) is 0 Å². The zero-order valence-corrected chi connectivity index (χ0v) is 14.5. The van der Waals surface area contributed by atoms with E-state index in [0.29, 0.717) is 5.41 Å². The minimum absolute atomic E-state index is 0.505. The third-order valence-corrected chi connectivity index (χ3v) is 5.54. The fourth-order valence-corrected chi connectivity index (χ4v) is 3.74. The van der Waals surface area contributed by atoms with Gasteiger partial charge < -0.3 is 15.0 Å². The SMILES string of the molecule is CCN(CC1CC1)CC1(CNCCOC)CCC(C)CC1. The summed E-state index contributed by atoms with van der Waals surface area (Å²) >= 11 is 0. The summed E-state index contributed by atoms with van der Waals surface area (Å²) in [4.78, 5) is 2.73. The molecule has 2 saturated carbocycles. The van der Waals surface area contributed by atoms with Crippen LogP contribution in [0.5, 0.6) is 0 Å². The second-order valence-corrected chi connectivity index (χ2v) is 7.62. The first kappa shape index (κ1) is 17.2. The molecule has 2 aliphatic rings. The summed E-state index contributed by atoms with van der Waals surface area (Å²) in [5, 5.41) is 3.66. The van der Waals surface area contributed by atoms with Gasteiger partial charge in [-0.05, 0) is 49.5 Å². The van der Waals surface area contributed by atoms with Gasteiger partial charge in [-0.3, -0.25) is 0 Å². The summed E-state index contributed by atoms with van der Waals surface area (Å²) in [6.07, 6.45) is 8.55. The molecular formula is C18H36N2O. The number of hydrogen-bond donors (Lipinski definition) is 1. The predicted octanol–water partition coefficient (Wildman–Crippen LogP) is 3.15. The maximum atomic E-state index is 5.17. The number of rotatable bonds is 10. The lowest BCUT2D eigenvalue weighted by Crippen LogP contribution is -2.47. The Bertz CT molecular complexity index is 283. The van der Waals surface area contributed by atoms with E-state index < -0.39 is 0 Å². The topological polar surface area (TPSA) is 24.5 Å². The standard InChI is InChI=1S/C18H36N2O/c1-4-20(13-17-5-6-17)15-18(14-19-11-12-21-3)9-7-16(2)8-10-18/h16-17,19H,4-15H2,1-3H3. The van der Waals surface area contributed by atoms with Crippen molar-refractivity contribution >= 4 is 0 Å². The van der Waals surface area contributed by atoms with E-state index in [1.54, 1.807) is 7.11 Å². The Labute approximate surface area is 131 Å². The Hall–Kier alpha value is -0.120. The monoisotopic (exact) mass is 296 g/mol. The molecule has 0 radical (unpaired) electrons. The quantitative estimate of drug-likeness (QED) is 0.627. The van der Waals surface area contributed by atoms with E-state index in [-0.39, 0.29) is 0 Å². The Morgan fingerprint density at radius 2 is 1.90 bits per heavy atom. The third-order valence-electron chi connectivity index (χ3n) is 5.54. The average molecular weight is 296 g/mol. The fraction of sp³-hybridized carbons (Fsp3) is 1.00. The average Bonchev–Trinajstić information content (AvgIpc) is 3.30.